The molecule has 0 radical (unpaired) electrons. The van der Waals surface area contributed by atoms with Gasteiger partial charge in [0.05, 0.1) is 13.2 Å². The van der Waals surface area contributed by atoms with Crippen molar-refractivity contribution in [1.82, 2.24) is 10.2 Å². The number of nitrogens with zero attached hydrogens (tertiary/aromatic N) is 2. The smallest absolute Gasteiger partial charge is 0.257 e. The van der Waals surface area contributed by atoms with Gasteiger partial charge in [-0.25, -0.2) is 0 Å². The molecule has 0 aliphatic heterocycles. The monoisotopic (exact) mass is 381 g/mol. The van der Waals surface area contributed by atoms with E-state index in [1.165, 1.54) is 11.3 Å². The summed E-state index contributed by atoms with van der Waals surface area (Å²) in [5, 5.41) is 11.3. The fourth-order valence-electron chi connectivity index (χ4n) is 1.92. The first kappa shape index (κ1) is 19.5. The third-order valence-corrected chi connectivity index (χ3v) is 4.88. The van der Waals surface area contributed by atoms with E-state index in [1.807, 2.05) is 20.8 Å². The van der Waals surface area contributed by atoms with Crippen molar-refractivity contribution in [3.63, 3.8) is 0 Å². The Morgan fingerprint density at radius 1 is 1.12 bits per heavy atom. The van der Waals surface area contributed by atoms with E-state index in [1.54, 1.807) is 30.0 Å². The van der Waals surface area contributed by atoms with Crippen molar-refractivity contribution in [2.24, 2.45) is 0 Å². The predicted molar refractivity (Wildman–Crippen MR) is 102 cm³/mol. The molecular weight excluding hydrogens is 358 g/mol. The minimum atomic E-state index is -0.243. The molecule has 0 aliphatic carbocycles. The number of benzene rings is 1. The summed E-state index contributed by atoms with van der Waals surface area (Å²) < 4.78 is 12.3. The number of rotatable bonds is 10. The molecule has 1 heterocycles. The number of ether oxygens (including phenoxy) is 2. The summed E-state index contributed by atoms with van der Waals surface area (Å²) in [5.41, 5.74) is 0.495. The Labute approximate surface area is 156 Å². The second-order valence-corrected chi connectivity index (χ2v) is 7.61. The second kappa shape index (κ2) is 10.2. The van der Waals surface area contributed by atoms with E-state index in [-0.39, 0.29) is 5.91 Å². The summed E-state index contributed by atoms with van der Waals surface area (Å²) in [5.74, 6) is 1.92. The van der Waals surface area contributed by atoms with Crippen molar-refractivity contribution in [2.45, 2.75) is 38.0 Å². The van der Waals surface area contributed by atoms with Crippen LogP contribution in [0.15, 0.2) is 22.5 Å². The van der Waals surface area contributed by atoms with Crippen LogP contribution in [-0.2, 0) is 0 Å². The maximum absolute atomic E-state index is 12.5. The van der Waals surface area contributed by atoms with Gasteiger partial charge < -0.3 is 9.47 Å². The molecule has 0 atom stereocenters. The van der Waals surface area contributed by atoms with Gasteiger partial charge in [-0.2, -0.15) is 0 Å². The van der Waals surface area contributed by atoms with Crippen LogP contribution in [0.1, 0.15) is 44.0 Å². The third-order valence-electron chi connectivity index (χ3n) is 3.02. The number of anilines is 1. The summed E-state index contributed by atoms with van der Waals surface area (Å²) in [6.07, 6.45) is 1.79. The Hall–Kier alpha value is -1.80. The average molecular weight is 382 g/mol. The summed E-state index contributed by atoms with van der Waals surface area (Å²) in [6.45, 7) is 7.30. The fourth-order valence-corrected chi connectivity index (χ4v) is 3.56. The van der Waals surface area contributed by atoms with Gasteiger partial charge in [-0.3, -0.25) is 10.1 Å². The normalized spacial score (nSPS) is 10.5. The zero-order valence-electron chi connectivity index (χ0n) is 14.7. The zero-order chi connectivity index (χ0) is 18.1. The van der Waals surface area contributed by atoms with E-state index in [0.717, 1.165) is 22.9 Å². The Morgan fingerprint density at radius 2 is 1.84 bits per heavy atom. The summed E-state index contributed by atoms with van der Waals surface area (Å²) in [4.78, 5) is 12.5. The van der Waals surface area contributed by atoms with Gasteiger partial charge in [0.15, 0.2) is 15.8 Å². The third kappa shape index (κ3) is 5.89. The van der Waals surface area contributed by atoms with E-state index in [9.17, 15) is 4.79 Å². The first-order valence-electron chi connectivity index (χ1n) is 8.35. The molecular formula is C17H23N3O3S2. The first-order valence-corrected chi connectivity index (χ1v) is 10.1. The molecule has 1 amide bonds. The lowest BCUT2D eigenvalue weighted by atomic mass is 10.2. The molecule has 0 aliphatic rings. The lowest BCUT2D eigenvalue weighted by Crippen LogP contribution is -2.12. The van der Waals surface area contributed by atoms with Gasteiger partial charge in [-0.15, -0.1) is 10.2 Å². The van der Waals surface area contributed by atoms with Crippen LogP contribution < -0.4 is 14.8 Å². The van der Waals surface area contributed by atoms with Crippen LogP contribution in [0.2, 0.25) is 0 Å². The van der Waals surface area contributed by atoms with Crippen LogP contribution >= 0.6 is 23.1 Å². The standard InChI is InChI=1S/C17H23N3O3S2/c1-4-9-22-13-8-7-12(11-14(13)23-10-5-2)15(21)18-16-19-20-17(25-16)24-6-3/h7-8,11H,4-6,9-10H2,1-3H3,(H,18,19,21). The number of carbonyl (C=O) groups is 1. The Balaban J connectivity index is 2.11. The average Bonchev–Trinajstić information content (AvgIpc) is 3.05. The molecule has 8 heteroatoms. The first-order chi connectivity index (χ1) is 12.2. The number of aromatic nitrogens is 2. The van der Waals surface area contributed by atoms with E-state index in [4.69, 9.17) is 9.47 Å². The van der Waals surface area contributed by atoms with Gasteiger partial charge in [0.1, 0.15) is 0 Å². The van der Waals surface area contributed by atoms with Crippen molar-refractivity contribution in [3.8, 4) is 11.5 Å². The molecule has 0 fully saturated rings. The molecule has 1 aromatic heterocycles. The van der Waals surface area contributed by atoms with Gasteiger partial charge in [0.2, 0.25) is 5.13 Å². The highest BCUT2D eigenvalue weighted by Gasteiger charge is 2.14. The quantitative estimate of drug-likeness (QED) is 0.483. The molecule has 25 heavy (non-hydrogen) atoms. The minimum absolute atomic E-state index is 0.243. The van der Waals surface area contributed by atoms with E-state index < -0.39 is 0 Å². The summed E-state index contributed by atoms with van der Waals surface area (Å²) >= 11 is 2.96. The minimum Gasteiger partial charge on any atom is -0.490 e. The highest BCUT2D eigenvalue weighted by atomic mass is 32.2. The van der Waals surface area contributed by atoms with E-state index in [2.05, 4.69) is 15.5 Å². The van der Waals surface area contributed by atoms with E-state index >= 15 is 0 Å². The Morgan fingerprint density at radius 3 is 2.52 bits per heavy atom. The number of hydrogen-bond acceptors (Lipinski definition) is 7. The van der Waals surface area contributed by atoms with Crippen molar-refractivity contribution >= 4 is 34.1 Å². The zero-order valence-corrected chi connectivity index (χ0v) is 16.3. The molecule has 0 spiro atoms. The molecule has 1 N–H and O–H groups in total. The Kier molecular flexibility index (Phi) is 8.00. The van der Waals surface area contributed by atoms with Crippen LogP contribution in [0, 0.1) is 0 Å². The Bertz CT molecular complexity index is 692. The predicted octanol–water partition coefficient (Wildman–Crippen LogP) is 4.48. The largest absolute Gasteiger partial charge is 0.490 e. The van der Waals surface area contributed by atoms with Crippen molar-refractivity contribution in [1.29, 1.82) is 0 Å². The lowest BCUT2D eigenvalue weighted by Gasteiger charge is -2.13. The maximum atomic E-state index is 12.5. The maximum Gasteiger partial charge on any atom is 0.257 e. The van der Waals surface area contributed by atoms with Crippen LogP contribution in [0.25, 0.3) is 0 Å². The molecule has 0 bridgehead atoms. The van der Waals surface area contributed by atoms with Crippen molar-refractivity contribution in [3.05, 3.63) is 23.8 Å². The van der Waals surface area contributed by atoms with Gasteiger partial charge in [-0.1, -0.05) is 43.9 Å². The number of amides is 1. The van der Waals surface area contributed by atoms with Gasteiger partial charge in [-0.05, 0) is 36.8 Å². The number of thioether (sulfide) groups is 1. The van der Waals surface area contributed by atoms with E-state index in [0.29, 0.717) is 35.4 Å². The fraction of sp³-hybridized carbons (Fsp3) is 0.471. The molecule has 0 saturated heterocycles. The molecule has 6 nitrogen and oxygen atoms in total. The molecule has 0 unspecified atom stereocenters. The topological polar surface area (TPSA) is 73.3 Å². The number of nitrogens with one attached hydrogen (secondary N) is 1. The second-order valence-electron chi connectivity index (χ2n) is 5.12. The molecule has 1 aromatic carbocycles. The van der Waals surface area contributed by atoms with Crippen LogP contribution in [0.4, 0.5) is 5.13 Å². The van der Waals surface area contributed by atoms with Crippen LogP contribution in [0.5, 0.6) is 11.5 Å². The molecule has 0 saturated carbocycles. The summed E-state index contributed by atoms with van der Waals surface area (Å²) in [7, 11) is 0. The van der Waals surface area contributed by atoms with Crippen LogP contribution in [-0.4, -0.2) is 35.1 Å². The SMILES string of the molecule is CCCOc1ccc(C(=O)Nc2nnc(SCC)s2)cc1OCCC. The lowest BCUT2D eigenvalue weighted by molar-refractivity contribution is 0.102. The van der Waals surface area contributed by atoms with Crippen LogP contribution in [0.3, 0.4) is 0 Å². The van der Waals surface area contributed by atoms with Gasteiger partial charge in [0, 0.05) is 5.56 Å². The molecule has 136 valence electrons. The number of hydrogen-bond donors (Lipinski definition) is 1. The molecule has 2 aromatic rings. The van der Waals surface area contributed by atoms with Gasteiger partial charge in [0.25, 0.3) is 5.91 Å². The van der Waals surface area contributed by atoms with Crippen molar-refractivity contribution < 1.29 is 14.3 Å². The highest BCUT2D eigenvalue weighted by molar-refractivity contribution is 8.01. The summed E-state index contributed by atoms with van der Waals surface area (Å²) in [6, 6.07) is 5.20. The van der Waals surface area contributed by atoms with Gasteiger partial charge >= 0.3 is 0 Å². The molecule has 2 rings (SSSR count). The number of carbonyl (C=O) groups excluding carboxylic acids is 1. The van der Waals surface area contributed by atoms with Crippen molar-refractivity contribution in [2.75, 3.05) is 24.3 Å². The highest BCUT2D eigenvalue weighted by Crippen LogP contribution is 2.30.